The van der Waals surface area contributed by atoms with Crippen LogP contribution in [0.2, 0.25) is 0 Å². The highest BCUT2D eigenvalue weighted by Crippen LogP contribution is 2.70. The van der Waals surface area contributed by atoms with Crippen molar-refractivity contribution in [2.45, 2.75) is 5.02 Å². The first kappa shape index (κ1) is 13.4. The number of nitrogens with two attached hydrogens (primary N) is 1. The van der Waals surface area contributed by atoms with E-state index in [2.05, 4.69) is 9.97 Å². The predicted molar refractivity (Wildman–Crippen MR) is 52.0 cm³/mol. The largest absolute Gasteiger partial charge is 0.362 e. The van der Waals surface area contributed by atoms with Crippen LogP contribution in [-0.4, -0.2) is 29.5 Å². The van der Waals surface area contributed by atoms with Gasteiger partial charge in [-0.2, -0.15) is 0 Å². The van der Waals surface area contributed by atoms with E-state index in [1.807, 2.05) is 0 Å². The summed E-state index contributed by atoms with van der Waals surface area (Å²) in [4.78, 5) is 42.7. The van der Waals surface area contributed by atoms with E-state index in [1.54, 1.807) is 0 Å². The molecule has 0 spiro atoms. The van der Waals surface area contributed by atoms with Gasteiger partial charge in [0.2, 0.25) is 5.02 Å². The molecule has 0 saturated carbocycles. The molecule has 9 nitrogen and oxygen atoms in total. The summed E-state index contributed by atoms with van der Waals surface area (Å²) in [6.07, 6.45) is 2.71. The lowest BCUT2D eigenvalue weighted by atomic mass is 10.3. The molecule has 0 atom stereocenters. The lowest BCUT2D eigenvalue weighted by Gasteiger charge is -2.30. The Bertz CT molecular complexity index is 444. The summed E-state index contributed by atoms with van der Waals surface area (Å²) in [5.74, 6) is 0. The Kier molecular flexibility index (Phi) is 3.33. The van der Waals surface area contributed by atoms with Crippen LogP contribution in [0.25, 0.3) is 0 Å². The Labute approximate surface area is 89.7 Å². The average Bonchev–Trinajstić information content (AvgIpc) is 2.14. The highest BCUT2D eigenvalue weighted by molar-refractivity contribution is 7.71. The zero-order chi connectivity index (χ0) is 12.6. The summed E-state index contributed by atoms with van der Waals surface area (Å²) in [6, 6.07) is 0. The molecule has 1 rings (SSSR count). The van der Waals surface area contributed by atoms with Crippen molar-refractivity contribution < 1.29 is 28.7 Å². The molecule has 1 aromatic rings. The molecule has 16 heavy (non-hydrogen) atoms. The molecule has 1 heterocycles. The quantitative estimate of drug-likeness (QED) is 0.428. The topological polar surface area (TPSA) is 167 Å². The predicted octanol–water partition coefficient (Wildman–Crippen LogP) is -1.10. The van der Waals surface area contributed by atoms with Crippen molar-refractivity contribution in [3.63, 3.8) is 0 Å². The second kappa shape index (κ2) is 3.97. The van der Waals surface area contributed by atoms with E-state index in [0.29, 0.717) is 0 Å². The fourth-order valence-electron chi connectivity index (χ4n) is 0.995. The molecule has 0 bridgehead atoms. The van der Waals surface area contributed by atoms with Gasteiger partial charge in [0.25, 0.3) is 0 Å². The molecule has 6 N–H and O–H groups in total. The highest BCUT2D eigenvalue weighted by Gasteiger charge is 2.59. The fourth-order valence-corrected chi connectivity index (χ4v) is 3.26. The van der Waals surface area contributed by atoms with Crippen LogP contribution in [0.1, 0.15) is 5.56 Å². The summed E-state index contributed by atoms with van der Waals surface area (Å²) in [7, 11) is -10.6. The van der Waals surface area contributed by atoms with Crippen LogP contribution in [0.15, 0.2) is 18.7 Å². The van der Waals surface area contributed by atoms with Crippen molar-refractivity contribution in [2.24, 2.45) is 5.73 Å². The van der Waals surface area contributed by atoms with E-state index < -0.39 is 25.8 Å². The number of aromatic nitrogens is 2. The maximum Gasteiger partial charge on any atom is 0.362 e. The van der Waals surface area contributed by atoms with E-state index in [9.17, 15) is 9.13 Å². The molecule has 1 aromatic heterocycles. The van der Waals surface area contributed by atoms with Gasteiger partial charge in [-0.05, 0) is 0 Å². The molecule has 0 radical (unpaired) electrons. The smallest absolute Gasteiger partial charge is 0.322 e. The third-order valence-electron chi connectivity index (χ3n) is 1.87. The molecule has 0 aliphatic carbocycles. The number of hydrogen-bond donors (Lipinski definition) is 5. The van der Waals surface area contributed by atoms with E-state index >= 15 is 0 Å². The van der Waals surface area contributed by atoms with Crippen molar-refractivity contribution in [3.05, 3.63) is 24.3 Å². The summed E-state index contributed by atoms with van der Waals surface area (Å²) >= 11 is 0. The summed E-state index contributed by atoms with van der Waals surface area (Å²) in [5, 5.41) is -3.12. The van der Waals surface area contributed by atoms with Gasteiger partial charge in [0.05, 0.1) is 0 Å². The lowest BCUT2D eigenvalue weighted by molar-refractivity contribution is 0.309. The van der Waals surface area contributed by atoms with Gasteiger partial charge in [-0.1, -0.05) is 0 Å². The van der Waals surface area contributed by atoms with E-state index in [-0.39, 0.29) is 0 Å². The van der Waals surface area contributed by atoms with Crippen molar-refractivity contribution in [1.29, 1.82) is 0 Å². The van der Waals surface area contributed by atoms with Gasteiger partial charge in [-0.25, -0.2) is 9.97 Å². The molecule has 0 fully saturated rings. The van der Waals surface area contributed by atoms with Crippen molar-refractivity contribution in [3.8, 4) is 0 Å². The molecular weight excluding hydrogens is 260 g/mol. The second-order valence-electron chi connectivity index (χ2n) is 2.94. The number of rotatable bonds is 3. The Hall–Kier alpha value is -0.660. The standard InChI is InChI=1S/C5H9N3O6P2/c6-5(15(9,10)11,16(12,13)14)4-1-7-3-8-2-4/h1-3H,6H2,(H2,9,10,11)(H2,12,13,14). The minimum Gasteiger partial charge on any atom is -0.322 e. The molecule has 0 aliphatic heterocycles. The van der Waals surface area contributed by atoms with E-state index in [1.165, 1.54) is 0 Å². The lowest BCUT2D eigenvalue weighted by Crippen LogP contribution is -2.36. The summed E-state index contributed by atoms with van der Waals surface area (Å²) in [6.45, 7) is 0. The Morgan fingerprint density at radius 3 is 1.75 bits per heavy atom. The molecule has 0 aliphatic rings. The monoisotopic (exact) mass is 269 g/mol. The van der Waals surface area contributed by atoms with Crippen molar-refractivity contribution in [2.75, 3.05) is 0 Å². The maximum atomic E-state index is 11.1. The van der Waals surface area contributed by atoms with Crippen LogP contribution in [0.4, 0.5) is 0 Å². The summed E-state index contributed by atoms with van der Waals surface area (Å²) in [5.41, 5.74) is 4.64. The molecule has 11 heteroatoms. The van der Waals surface area contributed by atoms with Gasteiger partial charge in [-0.3, -0.25) is 9.13 Å². The third kappa shape index (κ3) is 2.07. The third-order valence-corrected chi connectivity index (χ3v) is 5.73. The molecule has 0 saturated heterocycles. The van der Waals surface area contributed by atoms with Gasteiger partial charge in [0, 0.05) is 18.0 Å². The van der Waals surface area contributed by atoms with Crippen molar-refractivity contribution >= 4 is 15.2 Å². The fraction of sp³-hybridized carbons (Fsp3) is 0.200. The average molecular weight is 269 g/mol. The molecule has 0 aromatic carbocycles. The van der Waals surface area contributed by atoms with Crippen LogP contribution in [0.3, 0.4) is 0 Å². The molecular formula is C5H9N3O6P2. The Morgan fingerprint density at radius 1 is 1.06 bits per heavy atom. The molecule has 90 valence electrons. The van der Waals surface area contributed by atoms with Gasteiger partial charge in [-0.15, -0.1) is 0 Å². The van der Waals surface area contributed by atoms with Gasteiger partial charge in [0.1, 0.15) is 6.33 Å². The first-order valence-electron chi connectivity index (χ1n) is 3.76. The van der Waals surface area contributed by atoms with Gasteiger partial charge >= 0.3 is 15.2 Å². The SMILES string of the molecule is NC(c1cncnc1)(P(=O)(O)O)P(=O)(O)O. The van der Waals surface area contributed by atoms with Crippen LogP contribution < -0.4 is 5.73 Å². The first-order chi connectivity index (χ1) is 7.11. The Balaban J connectivity index is 3.52. The van der Waals surface area contributed by atoms with Crippen molar-refractivity contribution in [1.82, 2.24) is 9.97 Å². The number of nitrogens with zero attached hydrogens (tertiary/aromatic N) is 2. The second-order valence-corrected chi connectivity index (χ2v) is 6.88. The minimum absolute atomic E-state index is 0.531. The first-order valence-corrected chi connectivity index (χ1v) is 6.99. The number of hydrogen-bond acceptors (Lipinski definition) is 5. The van der Waals surface area contributed by atoms with Crippen LogP contribution >= 0.6 is 15.2 Å². The highest BCUT2D eigenvalue weighted by atomic mass is 31.2. The van der Waals surface area contributed by atoms with E-state index in [4.69, 9.17) is 25.3 Å². The van der Waals surface area contributed by atoms with Gasteiger partial charge in [0.15, 0.2) is 0 Å². The van der Waals surface area contributed by atoms with Crippen LogP contribution in [0.5, 0.6) is 0 Å². The Morgan fingerprint density at radius 2 is 1.44 bits per heavy atom. The van der Waals surface area contributed by atoms with Crippen LogP contribution in [-0.2, 0) is 14.2 Å². The molecule has 0 amide bonds. The zero-order valence-electron chi connectivity index (χ0n) is 7.70. The summed E-state index contributed by atoms with van der Waals surface area (Å²) < 4.78 is 22.2. The minimum atomic E-state index is -5.30. The van der Waals surface area contributed by atoms with E-state index in [0.717, 1.165) is 18.7 Å². The van der Waals surface area contributed by atoms with Crippen LogP contribution in [0, 0.1) is 0 Å². The zero-order valence-corrected chi connectivity index (χ0v) is 9.49. The maximum absolute atomic E-state index is 11.1. The molecule has 0 unspecified atom stereocenters. The van der Waals surface area contributed by atoms with Gasteiger partial charge < -0.3 is 25.3 Å². The normalized spacial score (nSPS) is 13.8.